The van der Waals surface area contributed by atoms with Crippen LogP contribution in [0.3, 0.4) is 0 Å². The minimum absolute atomic E-state index is 0.0612. The first-order chi connectivity index (χ1) is 14.9. The van der Waals surface area contributed by atoms with Crippen molar-refractivity contribution < 1.29 is 13.2 Å². The van der Waals surface area contributed by atoms with Crippen LogP contribution >= 0.6 is 23.5 Å². The molecule has 1 amide bonds. The van der Waals surface area contributed by atoms with E-state index in [2.05, 4.69) is 21.1 Å². The minimum atomic E-state index is -3.65. The summed E-state index contributed by atoms with van der Waals surface area (Å²) in [6.07, 6.45) is 0.735. The van der Waals surface area contributed by atoms with Crippen molar-refractivity contribution in [3.05, 3.63) is 59.7 Å². The van der Waals surface area contributed by atoms with E-state index >= 15 is 0 Å². The lowest BCUT2D eigenvalue weighted by molar-refractivity contribution is -0.118. The highest BCUT2D eigenvalue weighted by Crippen LogP contribution is 2.45. The molecule has 1 saturated heterocycles. The van der Waals surface area contributed by atoms with E-state index in [4.69, 9.17) is 0 Å². The van der Waals surface area contributed by atoms with Crippen LogP contribution < -0.4 is 10.0 Å². The molecule has 0 spiro atoms. The van der Waals surface area contributed by atoms with Crippen molar-refractivity contribution in [1.82, 2.24) is 4.72 Å². The number of fused-ring (bicyclic) bond motifs is 1. The molecule has 2 heterocycles. The van der Waals surface area contributed by atoms with Gasteiger partial charge in [0, 0.05) is 22.8 Å². The average Bonchev–Trinajstić information content (AvgIpc) is 3.39. The number of benzene rings is 2. The fraction of sp³-hybridized carbons (Fsp3) is 0.364. The summed E-state index contributed by atoms with van der Waals surface area (Å²) in [4.78, 5) is 18.0. The second kappa shape index (κ2) is 9.26. The third kappa shape index (κ3) is 4.78. The number of carbonyl (C=O) groups excluding carboxylic acids is 1. The maximum absolute atomic E-state index is 13.2. The van der Waals surface area contributed by atoms with Crippen molar-refractivity contribution in [2.24, 2.45) is 10.9 Å². The topological polar surface area (TPSA) is 87.6 Å². The molecule has 2 atom stereocenters. The molecule has 2 aromatic rings. The van der Waals surface area contributed by atoms with Crippen LogP contribution in [0, 0.1) is 5.92 Å². The Labute approximate surface area is 191 Å². The van der Waals surface area contributed by atoms with Gasteiger partial charge in [0.1, 0.15) is 11.9 Å². The highest BCUT2D eigenvalue weighted by molar-refractivity contribution is 8.19. The number of hydrogen-bond donors (Lipinski definition) is 2. The van der Waals surface area contributed by atoms with Gasteiger partial charge in [0.25, 0.3) is 10.0 Å². The molecule has 4 rings (SSSR count). The van der Waals surface area contributed by atoms with Gasteiger partial charge in [0.2, 0.25) is 5.91 Å². The Morgan fingerprint density at radius 2 is 1.94 bits per heavy atom. The summed E-state index contributed by atoms with van der Waals surface area (Å²) >= 11 is 3.83. The molecule has 0 radical (unpaired) electrons. The molecular formula is C22H25N3O3S3. The number of amidine groups is 1. The fourth-order valence-electron chi connectivity index (χ4n) is 3.57. The number of anilines is 1. The SMILES string of the molecule is CC[C@H](C)[C@H](N=C1NS(=O)(=O)c2ccccc21)C(=O)Nc1cccc(C2SCCS2)c1. The van der Waals surface area contributed by atoms with Crippen LogP contribution in [0.5, 0.6) is 0 Å². The summed E-state index contributed by atoms with van der Waals surface area (Å²) in [5.41, 5.74) is 2.42. The Morgan fingerprint density at radius 1 is 1.19 bits per heavy atom. The number of sulfonamides is 1. The van der Waals surface area contributed by atoms with Crippen molar-refractivity contribution in [2.75, 3.05) is 16.8 Å². The Kier molecular flexibility index (Phi) is 6.64. The lowest BCUT2D eigenvalue weighted by Crippen LogP contribution is -2.34. The predicted molar refractivity (Wildman–Crippen MR) is 129 cm³/mol. The van der Waals surface area contributed by atoms with Crippen LogP contribution in [-0.4, -0.2) is 37.7 Å². The monoisotopic (exact) mass is 475 g/mol. The highest BCUT2D eigenvalue weighted by atomic mass is 32.2. The van der Waals surface area contributed by atoms with Gasteiger partial charge in [-0.05, 0) is 35.7 Å². The van der Waals surface area contributed by atoms with Crippen LogP contribution in [0.15, 0.2) is 58.4 Å². The number of nitrogens with zero attached hydrogens (tertiary/aromatic N) is 1. The minimum Gasteiger partial charge on any atom is -0.324 e. The number of hydrogen-bond acceptors (Lipinski definition) is 6. The molecule has 0 aromatic heterocycles. The average molecular weight is 476 g/mol. The van der Waals surface area contributed by atoms with Gasteiger partial charge >= 0.3 is 0 Å². The molecule has 0 saturated carbocycles. The molecule has 2 N–H and O–H groups in total. The maximum Gasteiger partial charge on any atom is 0.263 e. The molecule has 6 nitrogen and oxygen atoms in total. The van der Waals surface area contributed by atoms with E-state index in [1.54, 1.807) is 24.3 Å². The zero-order valence-corrected chi connectivity index (χ0v) is 19.8. The normalized spacial score (nSPS) is 20.8. The molecule has 2 aliphatic heterocycles. The lowest BCUT2D eigenvalue weighted by atomic mass is 9.98. The number of carbonyl (C=O) groups is 1. The number of thioether (sulfide) groups is 2. The van der Waals surface area contributed by atoms with Crippen molar-refractivity contribution in [2.45, 2.75) is 35.8 Å². The third-order valence-corrected chi connectivity index (χ3v) is 9.93. The second-order valence-corrected chi connectivity index (χ2v) is 12.0. The number of amides is 1. The molecule has 0 aliphatic carbocycles. The van der Waals surface area contributed by atoms with Crippen molar-refractivity contribution >= 4 is 51.0 Å². The Morgan fingerprint density at radius 3 is 2.68 bits per heavy atom. The molecule has 31 heavy (non-hydrogen) atoms. The molecule has 2 aromatic carbocycles. The lowest BCUT2D eigenvalue weighted by Gasteiger charge is -2.20. The van der Waals surface area contributed by atoms with Crippen molar-refractivity contribution in [3.63, 3.8) is 0 Å². The van der Waals surface area contributed by atoms with Crippen LogP contribution in [-0.2, 0) is 14.8 Å². The van der Waals surface area contributed by atoms with Crippen LogP contribution in [0.2, 0.25) is 0 Å². The van der Waals surface area contributed by atoms with E-state index in [-0.39, 0.29) is 22.6 Å². The first-order valence-electron chi connectivity index (χ1n) is 10.2. The van der Waals surface area contributed by atoms with Gasteiger partial charge in [0.15, 0.2) is 0 Å². The third-order valence-electron chi connectivity index (χ3n) is 5.43. The Bertz CT molecular complexity index is 1110. The molecule has 2 aliphatic rings. The quantitative estimate of drug-likeness (QED) is 0.652. The standard InChI is InChI=1S/C22H25N3O3S3/c1-3-14(2)19(24-20-17-9-4-5-10-18(17)31(27,28)25-20)21(26)23-16-8-6-7-15(13-16)22-29-11-12-30-22/h4-10,13-14,19,22H,3,11-12H2,1-2H3,(H,23,26)(H,24,25)/t14-,19-/m0/s1. The van der Waals surface area contributed by atoms with E-state index in [9.17, 15) is 13.2 Å². The first-order valence-corrected chi connectivity index (χ1v) is 13.8. The van der Waals surface area contributed by atoms with E-state index in [0.29, 0.717) is 10.1 Å². The van der Waals surface area contributed by atoms with Gasteiger partial charge in [-0.3, -0.25) is 14.5 Å². The van der Waals surface area contributed by atoms with Gasteiger partial charge in [-0.2, -0.15) is 0 Å². The molecule has 0 unspecified atom stereocenters. The summed E-state index contributed by atoms with van der Waals surface area (Å²) in [6, 6.07) is 13.9. The van der Waals surface area contributed by atoms with Gasteiger partial charge in [-0.15, -0.1) is 23.5 Å². The van der Waals surface area contributed by atoms with E-state index in [0.717, 1.165) is 23.6 Å². The Hall–Kier alpha value is -1.97. The summed E-state index contributed by atoms with van der Waals surface area (Å²) in [7, 11) is -3.65. The van der Waals surface area contributed by atoms with Gasteiger partial charge < -0.3 is 5.32 Å². The second-order valence-electron chi connectivity index (χ2n) is 7.60. The number of nitrogens with one attached hydrogen (secondary N) is 2. The van der Waals surface area contributed by atoms with Gasteiger partial charge in [0.05, 0.1) is 9.48 Å². The number of rotatable bonds is 6. The molecular weight excluding hydrogens is 450 g/mol. The largest absolute Gasteiger partial charge is 0.324 e. The fourth-order valence-corrected chi connectivity index (χ4v) is 7.64. The van der Waals surface area contributed by atoms with Crippen molar-refractivity contribution in [3.8, 4) is 0 Å². The number of aliphatic imine (C=N–C) groups is 1. The van der Waals surface area contributed by atoms with E-state index in [1.165, 1.54) is 5.56 Å². The zero-order chi connectivity index (χ0) is 22.0. The molecule has 1 fully saturated rings. The molecule has 164 valence electrons. The predicted octanol–water partition coefficient (Wildman–Crippen LogP) is 4.26. The van der Waals surface area contributed by atoms with Gasteiger partial charge in [-0.25, -0.2) is 8.42 Å². The smallest absolute Gasteiger partial charge is 0.263 e. The molecule has 0 bridgehead atoms. The summed E-state index contributed by atoms with van der Waals surface area (Å²) in [5.74, 6) is 2.19. The Balaban J connectivity index is 1.60. The zero-order valence-electron chi connectivity index (χ0n) is 17.4. The van der Waals surface area contributed by atoms with E-state index in [1.807, 2.05) is 55.6 Å². The maximum atomic E-state index is 13.2. The summed E-state index contributed by atoms with van der Waals surface area (Å²) in [5, 5.41) is 3.00. The highest BCUT2D eigenvalue weighted by Gasteiger charge is 2.33. The van der Waals surface area contributed by atoms with E-state index < -0.39 is 16.1 Å². The van der Waals surface area contributed by atoms with Crippen LogP contribution in [0.25, 0.3) is 0 Å². The summed E-state index contributed by atoms with van der Waals surface area (Å²) < 4.78 is 27.7. The van der Waals surface area contributed by atoms with Crippen LogP contribution in [0.1, 0.15) is 36.0 Å². The molecule has 9 heteroatoms. The van der Waals surface area contributed by atoms with Crippen molar-refractivity contribution in [1.29, 1.82) is 0 Å². The summed E-state index contributed by atoms with van der Waals surface area (Å²) in [6.45, 7) is 3.94. The van der Waals surface area contributed by atoms with Gasteiger partial charge in [-0.1, -0.05) is 44.5 Å². The van der Waals surface area contributed by atoms with Crippen LogP contribution in [0.4, 0.5) is 5.69 Å². The first kappa shape index (κ1) is 22.2.